The van der Waals surface area contributed by atoms with Gasteiger partial charge in [-0.05, 0) is 30.0 Å². The highest BCUT2D eigenvalue weighted by molar-refractivity contribution is 7.13. The van der Waals surface area contributed by atoms with Crippen LogP contribution in [0.1, 0.15) is 23.2 Å². The van der Waals surface area contributed by atoms with Crippen LogP contribution in [0.4, 0.5) is 10.8 Å². The number of anilines is 2. The molecular formula is C22H21N3O2S. The highest BCUT2D eigenvalue weighted by atomic mass is 32.1. The number of fused-ring (bicyclic) bond motifs is 1. The molecule has 0 fully saturated rings. The Kier molecular flexibility index (Phi) is 5.48. The number of nitrogens with one attached hydrogen (secondary N) is 1. The van der Waals surface area contributed by atoms with Crippen LogP contribution in [0.3, 0.4) is 0 Å². The molecule has 1 aromatic heterocycles. The zero-order chi connectivity index (χ0) is 19.3. The summed E-state index contributed by atoms with van der Waals surface area (Å²) in [5, 5.41) is 5.19. The molecule has 0 unspecified atom stereocenters. The Balaban J connectivity index is 1.37. The first-order chi connectivity index (χ1) is 13.7. The topological polar surface area (TPSA) is 62.3 Å². The van der Waals surface area contributed by atoms with Crippen molar-refractivity contribution in [2.45, 2.75) is 25.7 Å². The van der Waals surface area contributed by atoms with E-state index in [4.69, 9.17) is 0 Å². The molecule has 3 aromatic rings. The van der Waals surface area contributed by atoms with Gasteiger partial charge < -0.3 is 10.2 Å². The van der Waals surface area contributed by atoms with Gasteiger partial charge in [0.1, 0.15) is 0 Å². The van der Waals surface area contributed by atoms with Crippen molar-refractivity contribution in [3.05, 3.63) is 76.8 Å². The molecule has 2 amide bonds. The smallest absolute Gasteiger partial charge is 0.233 e. The Morgan fingerprint density at radius 2 is 1.82 bits per heavy atom. The number of hydrogen-bond donors (Lipinski definition) is 1. The van der Waals surface area contributed by atoms with Crippen LogP contribution in [0, 0.1) is 0 Å². The summed E-state index contributed by atoms with van der Waals surface area (Å²) < 4.78 is 0. The molecule has 6 heteroatoms. The number of benzene rings is 2. The highest BCUT2D eigenvalue weighted by Crippen LogP contribution is 2.27. The number of carbonyl (C=O) groups excluding carboxylic acids is 2. The molecule has 0 bridgehead atoms. The molecule has 1 aliphatic rings. The van der Waals surface area contributed by atoms with Crippen molar-refractivity contribution >= 4 is 34.0 Å². The normalized spacial score (nSPS) is 13.1. The molecule has 4 rings (SSSR count). The molecule has 0 aliphatic carbocycles. The fourth-order valence-electron chi connectivity index (χ4n) is 3.43. The maximum absolute atomic E-state index is 12.8. The highest BCUT2D eigenvalue weighted by Gasteiger charge is 2.23. The lowest BCUT2D eigenvalue weighted by molar-refractivity contribution is -0.118. The molecule has 1 aliphatic heterocycles. The van der Waals surface area contributed by atoms with Gasteiger partial charge in [0.05, 0.1) is 18.5 Å². The summed E-state index contributed by atoms with van der Waals surface area (Å²) in [7, 11) is 0. The van der Waals surface area contributed by atoms with Crippen LogP contribution in [0.15, 0.2) is 60.0 Å². The third kappa shape index (κ3) is 4.28. The summed E-state index contributed by atoms with van der Waals surface area (Å²) in [6.45, 7) is 0.737. The van der Waals surface area contributed by atoms with Crippen molar-refractivity contribution < 1.29 is 9.59 Å². The van der Waals surface area contributed by atoms with Crippen LogP contribution >= 0.6 is 11.3 Å². The van der Waals surface area contributed by atoms with Gasteiger partial charge in [0.25, 0.3) is 0 Å². The Hall–Kier alpha value is -2.99. The zero-order valence-electron chi connectivity index (χ0n) is 15.4. The van der Waals surface area contributed by atoms with Crippen molar-refractivity contribution in [3.63, 3.8) is 0 Å². The molecule has 0 atom stereocenters. The van der Waals surface area contributed by atoms with Gasteiger partial charge in [0.15, 0.2) is 5.13 Å². The fraction of sp³-hybridized carbons (Fsp3) is 0.227. The average molecular weight is 391 g/mol. The van der Waals surface area contributed by atoms with Crippen molar-refractivity contribution in [2.24, 2.45) is 0 Å². The summed E-state index contributed by atoms with van der Waals surface area (Å²) in [5.74, 6) is -0.0667. The lowest BCUT2D eigenvalue weighted by Gasteiger charge is -2.29. The number of para-hydroxylation sites is 1. The molecule has 2 aromatic carbocycles. The van der Waals surface area contributed by atoms with Crippen molar-refractivity contribution in [2.75, 3.05) is 16.8 Å². The van der Waals surface area contributed by atoms with Crippen molar-refractivity contribution in [1.82, 2.24) is 4.98 Å². The maximum Gasteiger partial charge on any atom is 0.233 e. The van der Waals surface area contributed by atoms with E-state index in [1.807, 2.05) is 58.8 Å². The summed E-state index contributed by atoms with van der Waals surface area (Å²) in [5.41, 5.74) is 3.86. The van der Waals surface area contributed by atoms with Gasteiger partial charge in [-0.25, -0.2) is 4.98 Å². The molecule has 1 N–H and O–H groups in total. The number of hydrogen-bond acceptors (Lipinski definition) is 4. The standard InChI is InChI=1S/C22H21N3O2S/c26-20(13-16-7-2-1-3-8-16)24-22-23-18(15-28-22)14-21(27)25-12-6-10-17-9-4-5-11-19(17)25/h1-5,7-9,11,15H,6,10,12-14H2,(H,23,24,26). The third-order valence-corrected chi connectivity index (χ3v) is 5.56. The predicted octanol–water partition coefficient (Wildman–Crippen LogP) is 3.85. The van der Waals surface area contributed by atoms with E-state index in [1.54, 1.807) is 0 Å². The molecule has 0 radical (unpaired) electrons. The first kappa shape index (κ1) is 18.4. The first-order valence-corrected chi connectivity index (χ1v) is 10.2. The maximum atomic E-state index is 12.8. The number of nitrogens with zero attached hydrogens (tertiary/aromatic N) is 2. The summed E-state index contributed by atoms with van der Waals surface area (Å²) in [6, 6.07) is 17.6. The fourth-order valence-corrected chi connectivity index (χ4v) is 4.16. The summed E-state index contributed by atoms with van der Waals surface area (Å²) >= 11 is 1.35. The molecule has 0 saturated heterocycles. The Labute approximate surface area is 168 Å². The molecule has 28 heavy (non-hydrogen) atoms. The van der Waals surface area contributed by atoms with Gasteiger partial charge in [-0.15, -0.1) is 11.3 Å². The van der Waals surface area contributed by atoms with Crippen LogP contribution in [0.5, 0.6) is 0 Å². The van der Waals surface area contributed by atoms with E-state index in [0.29, 0.717) is 17.2 Å². The minimum absolute atomic E-state index is 0.0413. The number of rotatable bonds is 5. The quantitative estimate of drug-likeness (QED) is 0.719. The van der Waals surface area contributed by atoms with E-state index in [2.05, 4.69) is 16.4 Å². The SMILES string of the molecule is O=C(Cc1ccccc1)Nc1nc(CC(=O)N2CCCc3ccccc32)cs1. The second-order valence-electron chi connectivity index (χ2n) is 6.81. The number of aryl methyl sites for hydroxylation is 1. The van der Waals surface area contributed by atoms with Gasteiger partial charge >= 0.3 is 0 Å². The first-order valence-electron chi connectivity index (χ1n) is 9.35. The van der Waals surface area contributed by atoms with Crippen LogP contribution in [0.2, 0.25) is 0 Å². The molecular weight excluding hydrogens is 370 g/mol. The van der Waals surface area contributed by atoms with Gasteiger partial charge in [-0.2, -0.15) is 0 Å². The van der Waals surface area contributed by atoms with Crippen molar-refractivity contribution in [3.8, 4) is 0 Å². The Morgan fingerprint density at radius 3 is 2.68 bits per heavy atom. The molecule has 0 spiro atoms. The Bertz CT molecular complexity index is 984. The number of carbonyl (C=O) groups is 2. The third-order valence-electron chi connectivity index (χ3n) is 4.75. The van der Waals surface area contributed by atoms with Gasteiger partial charge in [0, 0.05) is 17.6 Å². The predicted molar refractivity (Wildman–Crippen MR) is 112 cm³/mol. The zero-order valence-corrected chi connectivity index (χ0v) is 16.2. The minimum Gasteiger partial charge on any atom is -0.312 e. The lowest BCUT2D eigenvalue weighted by Crippen LogP contribution is -2.36. The average Bonchev–Trinajstić information content (AvgIpc) is 3.14. The molecule has 142 valence electrons. The van der Waals surface area contributed by atoms with E-state index < -0.39 is 0 Å². The lowest BCUT2D eigenvalue weighted by atomic mass is 10.0. The summed E-state index contributed by atoms with van der Waals surface area (Å²) in [4.78, 5) is 31.3. The van der Waals surface area contributed by atoms with Gasteiger partial charge in [-0.1, -0.05) is 48.5 Å². The van der Waals surface area contributed by atoms with E-state index in [0.717, 1.165) is 30.6 Å². The van der Waals surface area contributed by atoms with Gasteiger partial charge in [-0.3, -0.25) is 9.59 Å². The van der Waals surface area contributed by atoms with Crippen LogP contribution in [-0.2, 0) is 28.9 Å². The van der Waals surface area contributed by atoms with E-state index in [1.165, 1.54) is 16.9 Å². The van der Waals surface area contributed by atoms with Crippen molar-refractivity contribution in [1.29, 1.82) is 0 Å². The van der Waals surface area contributed by atoms with E-state index >= 15 is 0 Å². The molecule has 5 nitrogen and oxygen atoms in total. The second kappa shape index (κ2) is 8.35. The van der Waals surface area contributed by atoms with Crippen LogP contribution in [-0.4, -0.2) is 23.3 Å². The van der Waals surface area contributed by atoms with E-state index in [-0.39, 0.29) is 18.2 Å². The number of amides is 2. The Morgan fingerprint density at radius 1 is 1.04 bits per heavy atom. The molecule has 0 saturated carbocycles. The van der Waals surface area contributed by atoms with E-state index in [9.17, 15) is 9.59 Å². The van der Waals surface area contributed by atoms with Gasteiger partial charge in [0.2, 0.25) is 11.8 Å². The minimum atomic E-state index is -0.108. The molecule has 2 heterocycles. The van der Waals surface area contributed by atoms with Crippen LogP contribution in [0.25, 0.3) is 0 Å². The number of thiazole rings is 1. The number of aromatic nitrogens is 1. The summed E-state index contributed by atoms with van der Waals surface area (Å²) in [6.07, 6.45) is 2.52. The van der Waals surface area contributed by atoms with Crippen LogP contribution < -0.4 is 10.2 Å². The monoisotopic (exact) mass is 391 g/mol. The second-order valence-corrected chi connectivity index (χ2v) is 7.67. The largest absolute Gasteiger partial charge is 0.312 e.